The summed E-state index contributed by atoms with van der Waals surface area (Å²) < 4.78 is 5.76. The first-order chi connectivity index (χ1) is 15.0. The Bertz CT molecular complexity index is 1060. The Labute approximate surface area is 185 Å². The molecule has 0 fully saturated rings. The summed E-state index contributed by atoms with van der Waals surface area (Å²) in [5.74, 6) is -0.933. The van der Waals surface area contributed by atoms with Crippen LogP contribution in [0, 0.1) is 6.92 Å². The third kappa shape index (κ3) is 7.28. The van der Waals surface area contributed by atoms with Crippen LogP contribution in [-0.4, -0.2) is 18.0 Å². The normalized spacial score (nSPS) is 10.6. The largest absolute Gasteiger partial charge is 0.489 e. The van der Waals surface area contributed by atoms with Crippen molar-refractivity contribution < 1.29 is 14.3 Å². The number of nitrogens with zero attached hydrogens (tertiary/aromatic N) is 1. The summed E-state index contributed by atoms with van der Waals surface area (Å²) in [6, 6.07) is 22.3. The van der Waals surface area contributed by atoms with Crippen LogP contribution in [0.25, 0.3) is 0 Å². The molecule has 0 saturated heterocycles. The zero-order valence-electron chi connectivity index (χ0n) is 17.0. The molecule has 0 aliphatic carbocycles. The number of aryl methyl sites for hydroxylation is 1. The molecule has 2 amide bonds. The van der Waals surface area contributed by atoms with Gasteiger partial charge in [0, 0.05) is 11.6 Å². The number of nitrogens with one attached hydrogen (secondary N) is 2. The number of benzene rings is 3. The maximum Gasteiger partial charge on any atom is 0.329 e. The van der Waals surface area contributed by atoms with Gasteiger partial charge in [-0.1, -0.05) is 65.7 Å². The minimum absolute atomic E-state index is 0.267. The SMILES string of the molecule is Cc1ccc(CNC(=O)C(=O)N/N=C\c2cccc(OCc3ccc(Cl)cc3)c2)cc1. The van der Waals surface area contributed by atoms with Crippen LogP contribution in [0.15, 0.2) is 77.9 Å². The Morgan fingerprint density at radius 2 is 1.68 bits per heavy atom. The second-order valence-corrected chi connectivity index (χ2v) is 7.29. The van der Waals surface area contributed by atoms with Crippen molar-refractivity contribution in [2.45, 2.75) is 20.1 Å². The zero-order chi connectivity index (χ0) is 22.1. The molecule has 158 valence electrons. The number of hydrazone groups is 1. The van der Waals surface area contributed by atoms with Gasteiger partial charge in [0.1, 0.15) is 12.4 Å². The van der Waals surface area contributed by atoms with Crippen molar-refractivity contribution in [1.29, 1.82) is 0 Å². The summed E-state index contributed by atoms with van der Waals surface area (Å²) in [5.41, 5.74) is 5.97. The molecular formula is C24H22ClN3O3. The van der Waals surface area contributed by atoms with Gasteiger partial charge in [0.05, 0.1) is 6.21 Å². The number of carbonyl (C=O) groups excluding carboxylic acids is 2. The molecule has 6 nitrogen and oxygen atoms in total. The summed E-state index contributed by atoms with van der Waals surface area (Å²) in [5, 5.41) is 7.08. The first-order valence-corrected chi connectivity index (χ1v) is 10.0. The van der Waals surface area contributed by atoms with E-state index in [9.17, 15) is 9.59 Å². The minimum atomic E-state index is -0.835. The number of ether oxygens (including phenoxy) is 1. The molecule has 0 aliphatic rings. The van der Waals surface area contributed by atoms with E-state index in [0.29, 0.717) is 22.9 Å². The van der Waals surface area contributed by atoms with Crippen molar-refractivity contribution in [3.8, 4) is 5.75 Å². The van der Waals surface area contributed by atoms with Crippen LogP contribution in [-0.2, 0) is 22.7 Å². The third-order valence-electron chi connectivity index (χ3n) is 4.34. The van der Waals surface area contributed by atoms with E-state index in [1.807, 2.05) is 73.7 Å². The molecule has 0 unspecified atom stereocenters. The number of rotatable bonds is 7. The number of amides is 2. The molecule has 0 atom stereocenters. The molecule has 31 heavy (non-hydrogen) atoms. The molecule has 3 rings (SSSR count). The van der Waals surface area contributed by atoms with Crippen LogP contribution in [0.1, 0.15) is 22.3 Å². The van der Waals surface area contributed by atoms with E-state index < -0.39 is 11.8 Å². The first-order valence-electron chi connectivity index (χ1n) is 9.64. The number of hydrogen-bond donors (Lipinski definition) is 2. The average molecular weight is 436 g/mol. The van der Waals surface area contributed by atoms with Gasteiger partial charge in [-0.25, -0.2) is 5.43 Å². The van der Waals surface area contributed by atoms with Gasteiger partial charge in [-0.2, -0.15) is 5.10 Å². The van der Waals surface area contributed by atoms with Crippen LogP contribution < -0.4 is 15.5 Å². The van der Waals surface area contributed by atoms with Gasteiger partial charge in [0.2, 0.25) is 0 Å². The fourth-order valence-electron chi connectivity index (χ4n) is 2.62. The van der Waals surface area contributed by atoms with Crippen molar-refractivity contribution in [1.82, 2.24) is 10.7 Å². The van der Waals surface area contributed by atoms with Gasteiger partial charge in [0.25, 0.3) is 0 Å². The van der Waals surface area contributed by atoms with Crippen molar-refractivity contribution >= 4 is 29.6 Å². The summed E-state index contributed by atoms with van der Waals surface area (Å²) in [6.07, 6.45) is 1.44. The fraction of sp³-hybridized carbons (Fsp3) is 0.125. The summed E-state index contributed by atoms with van der Waals surface area (Å²) in [6.45, 7) is 2.65. The van der Waals surface area contributed by atoms with Crippen LogP contribution in [0.2, 0.25) is 5.02 Å². The van der Waals surface area contributed by atoms with Crippen LogP contribution >= 0.6 is 11.6 Å². The Hall–Kier alpha value is -3.64. The Morgan fingerprint density at radius 3 is 2.42 bits per heavy atom. The van der Waals surface area contributed by atoms with E-state index in [-0.39, 0.29) is 6.54 Å². The van der Waals surface area contributed by atoms with E-state index in [1.54, 1.807) is 6.07 Å². The fourth-order valence-corrected chi connectivity index (χ4v) is 2.74. The van der Waals surface area contributed by atoms with Crippen molar-refractivity contribution in [3.63, 3.8) is 0 Å². The lowest BCUT2D eigenvalue weighted by Gasteiger charge is -2.07. The monoisotopic (exact) mass is 435 g/mol. The molecule has 2 N–H and O–H groups in total. The van der Waals surface area contributed by atoms with E-state index >= 15 is 0 Å². The Morgan fingerprint density at radius 1 is 0.968 bits per heavy atom. The molecule has 0 aromatic heterocycles. The van der Waals surface area contributed by atoms with Gasteiger partial charge in [-0.3, -0.25) is 9.59 Å². The predicted molar refractivity (Wildman–Crippen MR) is 121 cm³/mol. The second-order valence-electron chi connectivity index (χ2n) is 6.86. The predicted octanol–water partition coefficient (Wildman–Crippen LogP) is 3.99. The van der Waals surface area contributed by atoms with Crippen molar-refractivity contribution in [3.05, 3.63) is 100 Å². The Balaban J connectivity index is 1.46. The molecule has 0 aliphatic heterocycles. The maximum absolute atomic E-state index is 11.9. The average Bonchev–Trinajstić information content (AvgIpc) is 2.78. The summed E-state index contributed by atoms with van der Waals surface area (Å²) in [7, 11) is 0. The number of halogens is 1. The summed E-state index contributed by atoms with van der Waals surface area (Å²) >= 11 is 5.88. The highest BCUT2D eigenvalue weighted by molar-refractivity contribution is 6.35. The van der Waals surface area contributed by atoms with E-state index in [1.165, 1.54) is 6.21 Å². The first kappa shape index (κ1) is 22.1. The van der Waals surface area contributed by atoms with Crippen molar-refractivity contribution in [2.75, 3.05) is 0 Å². The van der Waals surface area contributed by atoms with Crippen LogP contribution in [0.3, 0.4) is 0 Å². The molecule has 0 radical (unpaired) electrons. The van der Waals surface area contributed by atoms with Gasteiger partial charge in [-0.15, -0.1) is 0 Å². The standard InChI is InChI=1S/C24H22ClN3O3/c1-17-5-7-18(8-6-17)14-26-23(29)24(30)28-27-15-20-3-2-4-22(13-20)31-16-19-9-11-21(25)12-10-19/h2-13,15H,14,16H2,1H3,(H,26,29)(H,28,30)/b27-15-. The zero-order valence-corrected chi connectivity index (χ0v) is 17.7. The lowest BCUT2D eigenvalue weighted by Crippen LogP contribution is -2.37. The minimum Gasteiger partial charge on any atom is -0.489 e. The Kier molecular flexibility index (Phi) is 7.79. The molecule has 0 bridgehead atoms. The van der Waals surface area contributed by atoms with Gasteiger partial charge >= 0.3 is 11.8 Å². The number of hydrogen-bond acceptors (Lipinski definition) is 4. The summed E-state index contributed by atoms with van der Waals surface area (Å²) in [4.78, 5) is 23.8. The van der Waals surface area contributed by atoms with E-state index in [0.717, 1.165) is 16.7 Å². The van der Waals surface area contributed by atoms with Crippen LogP contribution in [0.5, 0.6) is 5.75 Å². The smallest absolute Gasteiger partial charge is 0.329 e. The lowest BCUT2D eigenvalue weighted by atomic mass is 10.1. The lowest BCUT2D eigenvalue weighted by molar-refractivity contribution is -0.139. The molecule has 3 aromatic carbocycles. The second kappa shape index (κ2) is 10.9. The van der Waals surface area contributed by atoms with Gasteiger partial charge in [-0.05, 0) is 47.9 Å². The highest BCUT2D eigenvalue weighted by Gasteiger charge is 2.11. The van der Waals surface area contributed by atoms with E-state index in [4.69, 9.17) is 16.3 Å². The quantitative estimate of drug-likeness (QED) is 0.334. The molecule has 0 heterocycles. The maximum atomic E-state index is 11.9. The highest BCUT2D eigenvalue weighted by Crippen LogP contribution is 2.15. The number of carbonyl (C=O) groups is 2. The van der Waals surface area contributed by atoms with Crippen molar-refractivity contribution in [2.24, 2.45) is 5.10 Å². The van der Waals surface area contributed by atoms with E-state index in [2.05, 4.69) is 15.8 Å². The molecular weight excluding hydrogens is 414 g/mol. The van der Waals surface area contributed by atoms with Gasteiger partial charge < -0.3 is 10.1 Å². The highest BCUT2D eigenvalue weighted by atomic mass is 35.5. The molecule has 0 spiro atoms. The van der Waals surface area contributed by atoms with Crippen LogP contribution in [0.4, 0.5) is 0 Å². The third-order valence-corrected chi connectivity index (χ3v) is 4.59. The topological polar surface area (TPSA) is 79.8 Å². The van der Waals surface area contributed by atoms with Gasteiger partial charge in [0.15, 0.2) is 0 Å². The molecule has 3 aromatic rings. The molecule has 0 saturated carbocycles. The molecule has 7 heteroatoms.